The quantitative estimate of drug-likeness (QED) is 0.868. The van der Waals surface area contributed by atoms with Crippen molar-refractivity contribution in [3.63, 3.8) is 0 Å². The number of nitrogens with zero attached hydrogens (tertiary/aromatic N) is 1. The Bertz CT molecular complexity index is 532. The number of aliphatic carboxylic acids is 1. The molecular weight excluding hydrogens is 272 g/mol. The van der Waals surface area contributed by atoms with Gasteiger partial charge >= 0.3 is 5.97 Å². The molecule has 1 aliphatic carbocycles. The third kappa shape index (κ3) is 3.32. The number of amides is 1. The molecule has 1 fully saturated rings. The third-order valence-corrected chi connectivity index (χ3v) is 4.11. The number of carbonyl (C=O) groups is 2. The molecule has 2 N–H and O–H groups in total. The lowest BCUT2D eigenvalue weighted by molar-refractivity contribution is -0.145. The number of aromatic nitrogens is 1. The topological polar surface area (TPSA) is 88.5 Å². The summed E-state index contributed by atoms with van der Waals surface area (Å²) in [4.78, 5) is 27.7. The van der Waals surface area contributed by atoms with Crippen LogP contribution >= 0.6 is 0 Å². The highest BCUT2D eigenvalue weighted by molar-refractivity contribution is 5.96. The summed E-state index contributed by atoms with van der Waals surface area (Å²) in [6.07, 6.45) is 3.64. The fourth-order valence-electron chi connectivity index (χ4n) is 2.91. The van der Waals surface area contributed by atoms with Gasteiger partial charge in [0.2, 0.25) is 11.8 Å². The van der Waals surface area contributed by atoms with Crippen LogP contribution in [0.2, 0.25) is 0 Å². The summed E-state index contributed by atoms with van der Waals surface area (Å²) in [5.74, 6) is -1.68. The van der Waals surface area contributed by atoms with E-state index in [1.807, 2.05) is 6.92 Å². The first-order valence-electron chi connectivity index (χ1n) is 7.09. The summed E-state index contributed by atoms with van der Waals surface area (Å²) in [5, 5.41) is 12.0. The largest absolute Gasteiger partial charge is 0.481 e. The Balaban J connectivity index is 2.13. The van der Waals surface area contributed by atoms with Crippen molar-refractivity contribution in [1.29, 1.82) is 0 Å². The zero-order valence-electron chi connectivity index (χ0n) is 12.2. The Morgan fingerprint density at radius 1 is 1.43 bits per heavy atom. The van der Waals surface area contributed by atoms with Gasteiger partial charge in [0, 0.05) is 6.20 Å². The van der Waals surface area contributed by atoms with Crippen LogP contribution in [0, 0.1) is 17.8 Å². The predicted octanol–water partition coefficient (Wildman–Crippen LogP) is 2.17. The van der Waals surface area contributed by atoms with Gasteiger partial charge in [0.15, 0.2) is 0 Å². The van der Waals surface area contributed by atoms with Crippen molar-refractivity contribution in [2.24, 2.45) is 17.8 Å². The molecule has 0 radical (unpaired) electrons. The first kappa shape index (κ1) is 15.3. The van der Waals surface area contributed by atoms with Crippen molar-refractivity contribution in [1.82, 2.24) is 4.98 Å². The minimum Gasteiger partial charge on any atom is -0.481 e. The Kier molecular flexibility index (Phi) is 4.77. The van der Waals surface area contributed by atoms with Crippen LogP contribution in [0.5, 0.6) is 5.88 Å². The molecule has 3 unspecified atom stereocenters. The number of pyridine rings is 1. The average Bonchev–Trinajstić information content (AvgIpc) is 2.92. The normalized spacial score (nSPS) is 24.6. The third-order valence-electron chi connectivity index (χ3n) is 4.11. The van der Waals surface area contributed by atoms with Crippen molar-refractivity contribution >= 4 is 17.6 Å². The van der Waals surface area contributed by atoms with Gasteiger partial charge in [-0.25, -0.2) is 4.98 Å². The van der Waals surface area contributed by atoms with E-state index in [1.54, 1.807) is 18.3 Å². The molecular formula is C15H20N2O4. The molecule has 1 amide bonds. The minimum atomic E-state index is -0.899. The van der Waals surface area contributed by atoms with Gasteiger partial charge in [0.05, 0.1) is 18.9 Å². The molecule has 0 saturated heterocycles. The van der Waals surface area contributed by atoms with E-state index < -0.39 is 17.8 Å². The fourth-order valence-corrected chi connectivity index (χ4v) is 2.91. The SMILES string of the molecule is CCC1CC(C(=O)O)C(C(=O)Nc2cccnc2OC)C1. The first-order chi connectivity index (χ1) is 10.1. The first-order valence-corrected chi connectivity index (χ1v) is 7.09. The number of methoxy groups -OCH3 is 1. The number of rotatable bonds is 5. The summed E-state index contributed by atoms with van der Waals surface area (Å²) in [6, 6.07) is 3.38. The average molecular weight is 292 g/mol. The van der Waals surface area contributed by atoms with E-state index >= 15 is 0 Å². The molecule has 1 saturated carbocycles. The Hall–Kier alpha value is -2.11. The number of anilines is 1. The van der Waals surface area contributed by atoms with Gasteiger partial charge in [-0.3, -0.25) is 9.59 Å². The van der Waals surface area contributed by atoms with E-state index in [0.717, 1.165) is 6.42 Å². The predicted molar refractivity (Wildman–Crippen MR) is 77.0 cm³/mol. The van der Waals surface area contributed by atoms with E-state index in [-0.39, 0.29) is 11.8 Å². The maximum absolute atomic E-state index is 12.4. The molecule has 0 spiro atoms. The van der Waals surface area contributed by atoms with Crippen LogP contribution in [0.25, 0.3) is 0 Å². The Morgan fingerprint density at radius 2 is 2.14 bits per heavy atom. The van der Waals surface area contributed by atoms with Crippen molar-refractivity contribution in [3.05, 3.63) is 18.3 Å². The molecule has 114 valence electrons. The Labute approximate surface area is 123 Å². The Morgan fingerprint density at radius 3 is 2.76 bits per heavy atom. The number of carbonyl (C=O) groups excluding carboxylic acids is 1. The van der Waals surface area contributed by atoms with Crippen LogP contribution in [0.1, 0.15) is 26.2 Å². The molecule has 2 rings (SSSR count). The van der Waals surface area contributed by atoms with Gasteiger partial charge in [-0.15, -0.1) is 0 Å². The molecule has 6 heteroatoms. The second-order valence-corrected chi connectivity index (χ2v) is 5.35. The van der Waals surface area contributed by atoms with Crippen molar-refractivity contribution in [2.75, 3.05) is 12.4 Å². The van der Waals surface area contributed by atoms with Crippen LogP contribution in [0.3, 0.4) is 0 Å². The van der Waals surface area contributed by atoms with E-state index in [1.165, 1.54) is 7.11 Å². The standard InChI is InChI=1S/C15H20N2O4/c1-3-9-7-10(11(8-9)15(19)20)13(18)17-12-5-4-6-16-14(12)21-2/h4-6,9-11H,3,7-8H2,1-2H3,(H,17,18)(H,19,20). The van der Waals surface area contributed by atoms with Gasteiger partial charge < -0.3 is 15.2 Å². The smallest absolute Gasteiger partial charge is 0.307 e. The monoisotopic (exact) mass is 292 g/mol. The lowest BCUT2D eigenvalue weighted by atomic mass is 9.95. The molecule has 3 atom stereocenters. The molecule has 0 aromatic carbocycles. The maximum atomic E-state index is 12.4. The highest BCUT2D eigenvalue weighted by Gasteiger charge is 2.42. The van der Waals surface area contributed by atoms with Crippen molar-refractivity contribution in [3.8, 4) is 5.88 Å². The highest BCUT2D eigenvalue weighted by Crippen LogP contribution is 2.39. The van der Waals surface area contributed by atoms with Gasteiger partial charge in [0.25, 0.3) is 0 Å². The summed E-state index contributed by atoms with van der Waals surface area (Å²) >= 11 is 0. The van der Waals surface area contributed by atoms with Crippen LogP contribution in [0.4, 0.5) is 5.69 Å². The number of hydrogen-bond acceptors (Lipinski definition) is 4. The second kappa shape index (κ2) is 6.56. The van der Waals surface area contributed by atoms with E-state index in [0.29, 0.717) is 24.4 Å². The van der Waals surface area contributed by atoms with Crippen molar-refractivity contribution in [2.45, 2.75) is 26.2 Å². The molecule has 1 heterocycles. The lowest BCUT2D eigenvalue weighted by Crippen LogP contribution is -2.30. The fraction of sp³-hybridized carbons (Fsp3) is 0.533. The zero-order chi connectivity index (χ0) is 15.4. The molecule has 6 nitrogen and oxygen atoms in total. The maximum Gasteiger partial charge on any atom is 0.307 e. The van der Waals surface area contributed by atoms with E-state index in [2.05, 4.69) is 10.3 Å². The number of nitrogens with one attached hydrogen (secondary N) is 1. The summed E-state index contributed by atoms with van der Waals surface area (Å²) in [5.41, 5.74) is 0.467. The molecule has 0 bridgehead atoms. The van der Waals surface area contributed by atoms with Gasteiger partial charge in [-0.1, -0.05) is 13.3 Å². The number of hydrogen-bond donors (Lipinski definition) is 2. The van der Waals surface area contributed by atoms with Gasteiger partial charge in [0.1, 0.15) is 5.69 Å². The summed E-state index contributed by atoms with van der Waals surface area (Å²) in [6.45, 7) is 2.02. The van der Waals surface area contributed by atoms with E-state index in [9.17, 15) is 14.7 Å². The van der Waals surface area contributed by atoms with Gasteiger partial charge in [-0.2, -0.15) is 0 Å². The van der Waals surface area contributed by atoms with Crippen LogP contribution in [-0.4, -0.2) is 29.1 Å². The highest BCUT2D eigenvalue weighted by atomic mass is 16.5. The van der Waals surface area contributed by atoms with Crippen molar-refractivity contribution < 1.29 is 19.4 Å². The van der Waals surface area contributed by atoms with Crippen LogP contribution in [-0.2, 0) is 9.59 Å². The minimum absolute atomic E-state index is 0.273. The number of ether oxygens (including phenoxy) is 1. The molecule has 21 heavy (non-hydrogen) atoms. The molecule has 1 aliphatic rings. The number of carboxylic acids is 1. The molecule has 1 aromatic heterocycles. The second-order valence-electron chi connectivity index (χ2n) is 5.35. The summed E-state index contributed by atoms with van der Waals surface area (Å²) in [7, 11) is 1.47. The summed E-state index contributed by atoms with van der Waals surface area (Å²) < 4.78 is 5.08. The van der Waals surface area contributed by atoms with Gasteiger partial charge in [-0.05, 0) is 30.9 Å². The van der Waals surface area contributed by atoms with Crippen LogP contribution < -0.4 is 10.1 Å². The molecule has 0 aliphatic heterocycles. The van der Waals surface area contributed by atoms with E-state index in [4.69, 9.17) is 4.74 Å². The van der Waals surface area contributed by atoms with Crippen LogP contribution in [0.15, 0.2) is 18.3 Å². The lowest BCUT2D eigenvalue weighted by Gasteiger charge is -2.16. The molecule has 1 aromatic rings. The number of carboxylic acid groups (broad SMARTS) is 1. The zero-order valence-corrected chi connectivity index (χ0v) is 12.2.